The Balaban J connectivity index is 1.24. The number of fused-ring (bicyclic) bond motifs is 2. The van der Waals surface area contributed by atoms with Crippen molar-refractivity contribution in [1.82, 2.24) is 49.1 Å². The average Bonchev–Trinajstić information content (AvgIpc) is 4.18. The molecule has 1 aliphatic heterocycles. The zero-order valence-electron chi connectivity index (χ0n) is 53.2. The summed E-state index contributed by atoms with van der Waals surface area (Å²) in [6.45, 7) is 18.3. The summed E-state index contributed by atoms with van der Waals surface area (Å²) in [5, 5.41) is 10.8. The van der Waals surface area contributed by atoms with E-state index in [1.54, 1.807) is 58.4 Å². The fourth-order valence-corrected chi connectivity index (χ4v) is 10.9. The second kappa shape index (κ2) is 29.9. The molecule has 1 saturated heterocycles. The van der Waals surface area contributed by atoms with E-state index in [1.165, 1.54) is 42.0 Å². The average molecular weight is 1210 g/mol. The minimum absolute atomic E-state index is 0.0693. The van der Waals surface area contributed by atoms with Crippen LogP contribution in [0.2, 0.25) is 0 Å². The lowest BCUT2D eigenvalue weighted by atomic mass is 9.99. The molecule has 88 heavy (non-hydrogen) atoms. The molecule has 5 heterocycles. The largest absolute Gasteiger partial charge is 0.451 e. The molecule has 22 nitrogen and oxygen atoms in total. The van der Waals surface area contributed by atoms with Crippen LogP contribution in [0.1, 0.15) is 117 Å². The Kier molecular flexibility index (Phi) is 22.7. The number of benzene rings is 2. The minimum atomic E-state index is -1.56. The van der Waals surface area contributed by atoms with Crippen molar-refractivity contribution in [2.45, 2.75) is 169 Å². The number of hydrogen-bond donors (Lipinski definition) is 0. The maximum absolute atomic E-state index is 15.1. The molecule has 0 saturated carbocycles. The number of rotatable bonds is 16. The van der Waals surface area contributed by atoms with E-state index in [0.29, 0.717) is 35.5 Å². The van der Waals surface area contributed by atoms with Gasteiger partial charge in [0.25, 0.3) is 23.6 Å². The predicted octanol–water partition coefficient (Wildman–Crippen LogP) is 7.25. The maximum Gasteiger partial charge on any atom is 0.329 e. The van der Waals surface area contributed by atoms with Gasteiger partial charge in [-0.1, -0.05) is 104 Å². The van der Waals surface area contributed by atoms with Crippen LogP contribution in [0, 0.1) is 23.7 Å². The first-order valence-corrected chi connectivity index (χ1v) is 30.3. The Morgan fingerprint density at radius 3 is 0.989 bits per heavy atom. The first-order chi connectivity index (χ1) is 41.7. The highest BCUT2D eigenvalue weighted by Gasteiger charge is 2.43. The van der Waals surface area contributed by atoms with Crippen LogP contribution in [-0.4, -0.2) is 173 Å². The van der Waals surface area contributed by atoms with E-state index >= 15 is 9.59 Å². The Hall–Kier alpha value is -8.56. The van der Waals surface area contributed by atoms with E-state index in [1.807, 2.05) is 104 Å². The molecule has 1 aliphatic rings. The first kappa shape index (κ1) is 67.0. The minimum Gasteiger partial charge on any atom is -0.451 e. The van der Waals surface area contributed by atoms with E-state index in [4.69, 9.17) is 18.9 Å². The summed E-state index contributed by atoms with van der Waals surface area (Å²) in [4.78, 5) is 132. The number of nitrogens with zero attached hydrogens (tertiary/aromatic N) is 10. The van der Waals surface area contributed by atoms with Crippen LogP contribution >= 0.6 is 0 Å². The third kappa shape index (κ3) is 16.9. The number of ether oxygens (including phenoxy) is 4. The molecular formula is C66H86N10O12. The molecule has 0 N–H and O–H groups in total. The molecule has 7 rings (SSSR count). The van der Waals surface area contributed by atoms with Crippen molar-refractivity contribution in [3.05, 3.63) is 120 Å². The Labute approximate surface area is 515 Å². The smallest absolute Gasteiger partial charge is 0.329 e. The van der Waals surface area contributed by atoms with Gasteiger partial charge in [-0.3, -0.25) is 19.2 Å². The van der Waals surface area contributed by atoms with Gasteiger partial charge in [-0.05, 0) is 110 Å². The van der Waals surface area contributed by atoms with Crippen molar-refractivity contribution >= 4 is 69.6 Å². The van der Waals surface area contributed by atoms with Crippen LogP contribution in [0.3, 0.4) is 0 Å². The summed E-state index contributed by atoms with van der Waals surface area (Å²) in [5.74, 6) is -7.58. The molecular weight excluding hydrogens is 1120 g/mol. The molecule has 0 spiro atoms. The van der Waals surface area contributed by atoms with E-state index in [9.17, 15) is 28.8 Å². The topological polar surface area (TPSA) is 248 Å². The van der Waals surface area contributed by atoms with Gasteiger partial charge in [0.2, 0.25) is 0 Å². The fraction of sp³-hybridized carbons (Fsp3) is 0.515. The van der Waals surface area contributed by atoms with E-state index in [-0.39, 0.29) is 62.2 Å². The molecule has 0 bridgehead atoms. The first-order valence-electron chi connectivity index (χ1n) is 30.3. The Morgan fingerprint density at radius 1 is 0.398 bits per heavy atom. The number of pyridine rings is 2. The molecule has 8 atom stereocenters. The van der Waals surface area contributed by atoms with Gasteiger partial charge in [0.15, 0.2) is 35.7 Å². The molecule has 1 fully saturated rings. The molecule has 4 aromatic heterocycles. The monoisotopic (exact) mass is 1210 g/mol. The van der Waals surface area contributed by atoms with Crippen LogP contribution in [0.25, 0.3) is 22.1 Å². The van der Waals surface area contributed by atoms with Crippen LogP contribution in [0.15, 0.2) is 97.6 Å². The summed E-state index contributed by atoms with van der Waals surface area (Å²) < 4.78 is 27.9. The highest BCUT2D eigenvalue weighted by atomic mass is 16.6. The lowest BCUT2D eigenvalue weighted by Crippen LogP contribution is -2.55. The van der Waals surface area contributed by atoms with Gasteiger partial charge >= 0.3 is 23.9 Å². The van der Waals surface area contributed by atoms with Gasteiger partial charge in [-0.25, -0.2) is 38.5 Å². The summed E-state index contributed by atoms with van der Waals surface area (Å²) >= 11 is 0. The summed E-state index contributed by atoms with van der Waals surface area (Å²) in [6, 6.07) is 16.9. The quantitative estimate of drug-likeness (QED) is 0.0684. The number of hydrogen-bond acceptors (Lipinski definition) is 16. The van der Waals surface area contributed by atoms with E-state index < -0.39 is 96.1 Å². The number of aromatic nitrogens is 6. The molecule has 2 aromatic carbocycles. The van der Waals surface area contributed by atoms with Gasteiger partial charge in [0.1, 0.15) is 24.2 Å². The van der Waals surface area contributed by atoms with Crippen molar-refractivity contribution in [2.24, 2.45) is 23.7 Å². The number of carbonyl (C=O) groups is 8. The molecule has 6 aromatic rings. The van der Waals surface area contributed by atoms with E-state index in [2.05, 4.69) is 20.2 Å². The Bertz CT molecular complexity index is 3170. The standard InChI is InChI=1S/C66H86N10O12/c1-39(2)29-51-63(81)85-43(9)59(77)71(11)54(32-42(7)8)66(84)88-56(34-46-21-25-48(26-22-46)38-76-58-50(36-70-76)18-16-28-68-58)62(80)74(14)52(30-40(3)4)64(82)86-44(10)60(78)72(12)53(31-41(5)6)65(83)87-55(61(79)73(51)13)33-45-19-23-47(24-20-45)37-75-57-49(35-69-75)17-15-27-67-57/h15-28,35-36,39-44,51-56H,29-34,37-38H2,1-14H3/t43-,44-,51+,52+,53+,54+,55-,56-/m1/s1. The lowest BCUT2D eigenvalue weighted by molar-refractivity contribution is -0.176. The predicted molar refractivity (Wildman–Crippen MR) is 328 cm³/mol. The SMILES string of the molecule is CC(C)C[C@H]1C(=O)O[C@H](Cc2ccc(Cn3ncc4cccnc43)cc2)C(=O)N(C)[C@@H](CC(C)C)C(=O)O[C@H](C)C(=O)N(C)[C@@H](CC(C)C)C(=O)O[C@H](Cc2ccc(Cn3ncc4cccnc43)cc2)C(=O)N(C)[C@@H](CC(C)C)C(=O)O[C@H](C)C(=O)N1C. The molecule has 4 amide bonds. The number of likely N-dealkylation sites (N-methyl/N-ethyl adjacent to an activating group) is 4. The third-order valence-electron chi connectivity index (χ3n) is 15.8. The highest BCUT2D eigenvalue weighted by molar-refractivity contribution is 5.94. The third-order valence-corrected chi connectivity index (χ3v) is 15.8. The lowest BCUT2D eigenvalue weighted by Gasteiger charge is -2.35. The van der Waals surface area contributed by atoms with Crippen molar-refractivity contribution in [1.29, 1.82) is 0 Å². The number of esters is 4. The van der Waals surface area contributed by atoms with Gasteiger partial charge < -0.3 is 38.5 Å². The van der Waals surface area contributed by atoms with Crippen molar-refractivity contribution in [3.8, 4) is 0 Å². The fourth-order valence-electron chi connectivity index (χ4n) is 10.9. The van der Waals surface area contributed by atoms with Gasteiger partial charge in [0, 0.05) is 64.2 Å². The van der Waals surface area contributed by atoms with Crippen LogP contribution in [-0.2, 0) is 83.2 Å². The molecule has 0 unspecified atom stereocenters. The highest BCUT2D eigenvalue weighted by Crippen LogP contribution is 2.26. The normalized spacial score (nSPS) is 22.3. The molecule has 0 aliphatic carbocycles. The number of cyclic esters (lactones) is 4. The van der Waals surface area contributed by atoms with Gasteiger partial charge in [-0.15, -0.1) is 0 Å². The van der Waals surface area contributed by atoms with Crippen molar-refractivity contribution < 1.29 is 57.3 Å². The zero-order valence-corrected chi connectivity index (χ0v) is 53.2. The zero-order chi connectivity index (χ0) is 64.3. The number of carbonyl (C=O) groups excluding carboxylic acids is 8. The summed E-state index contributed by atoms with van der Waals surface area (Å²) in [5.41, 5.74) is 4.34. The number of amides is 4. The summed E-state index contributed by atoms with van der Waals surface area (Å²) in [6.07, 6.45) is 0.699. The van der Waals surface area contributed by atoms with Gasteiger partial charge in [0.05, 0.1) is 25.5 Å². The van der Waals surface area contributed by atoms with Crippen LogP contribution in [0.5, 0.6) is 0 Å². The summed E-state index contributed by atoms with van der Waals surface area (Å²) in [7, 11) is 5.56. The van der Waals surface area contributed by atoms with Crippen LogP contribution in [0.4, 0.5) is 0 Å². The maximum atomic E-state index is 15.1. The molecule has 0 radical (unpaired) electrons. The van der Waals surface area contributed by atoms with Crippen molar-refractivity contribution in [3.63, 3.8) is 0 Å². The molecule has 22 heteroatoms. The van der Waals surface area contributed by atoms with Gasteiger partial charge in [-0.2, -0.15) is 10.2 Å². The molecule has 472 valence electrons. The van der Waals surface area contributed by atoms with E-state index in [0.717, 1.165) is 41.5 Å². The second-order valence-corrected chi connectivity index (χ2v) is 24.9. The Morgan fingerprint density at radius 2 is 0.682 bits per heavy atom. The van der Waals surface area contributed by atoms with Crippen LogP contribution < -0.4 is 0 Å². The second-order valence-electron chi connectivity index (χ2n) is 24.9. The van der Waals surface area contributed by atoms with Crippen molar-refractivity contribution in [2.75, 3.05) is 28.2 Å².